The van der Waals surface area contributed by atoms with Crippen LogP contribution in [0.3, 0.4) is 0 Å². The van der Waals surface area contributed by atoms with Crippen LogP contribution in [0.25, 0.3) is 0 Å². The van der Waals surface area contributed by atoms with Gasteiger partial charge in [0.15, 0.2) is 6.10 Å². The fourth-order valence-electron chi connectivity index (χ4n) is 8.98. The molecule has 0 aromatic rings. The molecule has 1 unspecified atom stereocenters. The predicted octanol–water partition coefficient (Wildman–Crippen LogP) is 19.3. The maximum Gasteiger partial charge on any atom is 0.306 e. The summed E-state index contributed by atoms with van der Waals surface area (Å²) in [5, 5.41) is 0. The van der Waals surface area contributed by atoms with Crippen LogP contribution in [0, 0.1) is 0 Å². The quantitative estimate of drug-likeness (QED) is 0.0367. The fraction of sp³-hybridized carbons (Fsp3) is 0.948. The molecule has 0 amide bonds. The molecule has 0 saturated carbocycles. The van der Waals surface area contributed by atoms with Crippen molar-refractivity contribution in [3.63, 3.8) is 0 Å². The Labute approximate surface area is 406 Å². The van der Waals surface area contributed by atoms with Gasteiger partial charge in [-0.3, -0.25) is 14.4 Å². The van der Waals surface area contributed by atoms with Crippen LogP contribution in [-0.2, 0) is 28.6 Å². The van der Waals surface area contributed by atoms with Crippen molar-refractivity contribution in [2.24, 2.45) is 0 Å². The van der Waals surface area contributed by atoms with Gasteiger partial charge in [-0.1, -0.05) is 297 Å². The minimum Gasteiger partial charge on any atom is -0.462 e. The Hall–Kier alpha value is -1.63. The van der Waals surface area contributed by atoms with E-state index in [-0.39, 0.29) is 37.3 Å². The Morgan fingerprint density at radius 2 is 0.431 bits per heavy atom. The number of ether oxygens (including phenoxy) is 3. The summed E-state index contributed by atoms with van der Waals surface area (Å²) in [7, 11) is 0. The molecule has 7 nitrogen and oxygen atoms in total. The number of hydrogen-bond acceptors (Lipinski definition) is 7. The highest BCUT2D eigenvalue weighted by molar-refractivity contribution is 5.71. The van der Waals surface area contributed by atoms with E-state index in [1.165, 1.54) is 238 Å². The monoisotopic (exact) mass is 922 g/mol. The molecule has 3 N–H and O–H groups in total. The third-order valence-electron chi connectivity index (χ3n) is 13.4. The van der Waals surface area contributed by atoms with Gasteiger partial charge in [0.05, 0.1) is 0 Å². The van der Waals surface area contributed by atoms with Crippen LogP contribution in [-0.4, -0.2) is 37.2 Å². The Morgan fingerprint density at radius 1 is 0.262 bits per heavy atom. The van der Waals surface area contributed by atoms with Crippen LogP contribution in [0.4, 0.5) is 0 Å². The van der Waals surface area contributed by atoms with Crippen LogP contribution >= 0.6 is 0 Å². The molecule has 0 fully saturated rings. The first-order chi connectivity index (χ1) is 31.5. The molecule has 0 aromatic carbocycles. The molecule has 0 aliphatic rings. The highest BCUT2D eigenvalue weighted by Crippen LogP contribution is 2.18. The molecule has 0 aliphatic carbocycles. The molecule has 0 rings (SSSR count). The van der Waals surface area contributed by atoms with E-state index in [4.69, 9.17) is 14.2 Å². The molecule has 1 atom stereocenters. The van der Waals surface area contributed by atoms with Gasteiger partial charge >= 0.3 is 17.9 Å². The maximum absolute atomic E-state index is 12.8. The topological polar surface area (TPSA) is 114 Å². The van der Waals surface area contributed by atoms with Gasteiger partial charge < -0.3 is 20.4 Å². The van der Waals surface area contributed by atoms with Crippen molar-refractivity contribution >= 4 is 17.9 Å². The second-order valence-corrected chi connectivity index (χ2v) is 19.9. The summed E-state index contributed by atoms with van der Waals surface area (Å²) in [5.74, 6) is -0.831. The number of carbonyl (C=O) groups excluding carboxylic acids is 3. The second kappa shape index (κ2) is 56.7. The minimum absolute atomic E-state index is 0. The Morgan fingerprint density at radius 3 is 0.631 bits per heavy atom. The van der Waals surface area contributed by atoms with Gasteiger partial charge in [-0.2, -0.15) is 0 Å². The smallest absolute Gasteiger partial charge is 0.306 e. The van der Waals surface area contributed by atoms with E-state index in [9.17, 15) is 14.4 Å². The van der Waals surface area contributed by atoms with Gasteiger partial charge in [0.2, 0.25) is 0 Å². The number of carbonyl (C=O) groups is 3. The molecule has 388 valence electrons. The zero-order chi connectivity index (χ0) is 46.5. The van der Waals surface area contributed by atoms with Crippen molar-refractivity contribution in [1.29, 1.82) is 0 Å². The standard InChI is InChI=1S/C58H112O6.H3N/c1-4-7-10-13-16-19-22-25-28-31-33-36-39-42-45-48-51-57(60)63-54-55(64-58(61)52-49-46-43-40-37-34-30-27-24-21-18-15-12-9-6-3)53-62-56(59)50-47-44-41-38-35-32-29-26-23-20-17-14-11-8-5-2;/h55H,4-54H2,1-3H3;1H3. The van der Waals surface area contributed by atoms with Crippen LogP contribution in [0.1, 0.15) is 335 Å². The molecule has 0 radical (unpaired) electrons. The zero-order valence-electron chi connectivity index (χ0n) is 44.3. The van der Waals surface area contributed by atoms with Gasteiger partial charge in [-0.15, -0.1) is 0 Å². The van der Waals surface area contributed by atoms with E-state index in [0.29, 0.717) is 19.3 Å². The fourth-order valence-corrected chi connectivity index (χ4v) is 8.98. The van der Waals surface area contributed by atoms with E-state index in [1.807, 2.05) is 0 Å². The van der Waals surface area contributed by atoms with Crippen molar-refractivity contribution < 1.29 is 28.6 Å². The lowest BCUT2D eigenvalue weighted by molar-refractivity contribution is -0.167. The lowest BCUT2D eigenvalue weighted by Crippen LogP contribution is -2.30. The Balaban J connectivity index is 0. The summed E-state index contributed by atoms with van der Waals surface area (Å²) in [5.41, 5.74) is 0. The van der Waals surface area contributed by atoms with Gasteiger partial charge in [0.25, 0.3) is 0 Å². The summed E-state index contributed by atoms with van der Waals surface area (Å²) in [6, 6.07) is 0. The SMILES string of the molecule is CCCCCCCCCCCCCCCCCCC(=O)OCC(COC(=O)CCCCCCCCCCCCCCCCC)OC(=O)CCCCCCCCCCCCCCCCC.N. The molecule has 0 saturated heterocycles. The van der Waals surface area contributed by atoms with Gasteiger partial charge in [-0.25, -0.2) is 0 Å². The first kappa shape index (κ1) is 65.5. The molecule has 0 aliphatic heterocycles. The van der Waals surface area contributed by atoms with Crippen LogP contribution in [0.15, 0.2) is 0 Å². The maximum atomic E-state index is 12.8. The van der Waals surface area contributed by atoms with Crippen molar-refractivity contribution in [1.82, 2.24) is 6.15 Å². The third kappa shape index (κ3) is 54.9. The lowest BCUT2D eigenvalue weighted by Gasteiger charge is -2.18. The summed E-state index contributed by atoms with van der Waals surface area (Å²) >= 11 is 0. The Kier molecular flexibility index (Phi) is 57.1. The first-order valence-corrected chi connectivity index (χ1v) is 29.0. The van der Waals surface area contributed by atoms with E-state index in [0.717, 1.165) is 57.8 Å². The number of hydrogen-bond donors (Lipinski definition) is 1. The molecule has 65 heavy (non-hydrogen) atoms. The number of rotatable bonds is 54. The molecule has 7 heteroatoms. The zero-order valence-corrected chi connectivity index (χ0v) is 44.3. The third-order valence-corrected chi connectivity index (χ3v) is 13.4. The predicted molar refractivity (Wildman–Crippen MR) is 280 cm³/mol. The summed E-state index contributed by atoms with van der Waals surface area (Å²) in [4.78, 5) is 38.1. The van der Waals surface area contributed by atoms with Gasteiger partial charge in [0, 0.05) is 19.3 Å². The summed E-state index contributed by atoms with van der Waals surface area (Å²) < 4.78 is 16.9. The van der Waals surface area contributed by atoms with Crippen molar-refractivity contribution in [2.45, 2.75) is 341 Å². The molecular formula is C58H115NO6. The molecular weight excluding hydrogens is 807 g/mol. The lowest BCUT2D eigenvalue weighted by atomic mass is 10.0. The van der Waals surface area contributed by atoms with Gasteiger partial charge in [-0.05, 0) is 19.3 Å². The summed E-state index contributed by atoms with van der Waals surface area (Å²) in [6.45, 7) is 6.71. The van der Waals surface area contributed by atoms with E-state index < -0.39 is 6.10 Å². The first-order valence-electron chi connectivity index (χ1n) is 29.0. The second-order valence-electron chi connectivity index (χ2n) is 19.9. The van der Waals surface area contributed by atoms with E-state index >= 15 is 0 Å². The average molecular weight is 923 g/mol. The van der Waals surface area contributed by atoms with Crippen molar-refractivity contribution in [2.75, 3.05) is 13.2 Å². The van der Waals surface area contributed by atoms with Crippen molar-refractivity contribution in [3.05, 3.63) is 0 Å². The van der Waals surface area contributed by atoms with Crippen LogP contribution in [0.2, 0.25) is 0 Å². The van der Waals surface area contributed by atoms with Crippen molar-refractivity contribution in [3.8, 4) is 0 Å². The summed E-state index contributed by atoms with van der Waals surface area (Å²) in [6.07, 6.45) is 59.4. The Bertz CT molecular complexity index is 959. The van der Waals surface area contributed by atoms with Crippen LogP contribution in [0.5, 0.6) is 0 Å². The normalized spacial score (nSPS) is 11.7. The largest absolute Gasteiger partial charge is 0.462 e. The average Bonchev–Trinajstić information content (AvgIpc) is 3.29. The highest BCUT2D eigenvalue weighted by atomic mass is 16.6. The van der Waals surface area contributed by atoms with Gasteiger partial charge in [0.1, 0.15) is 13.2 Å². The highest BCUT2D eigenvalue weighted by Gasteiger charge is 2.19. The van der Waals surface area contributed by atoms with E-state index in [1.54, 1.807) is 0 Å². The molecule has 0 heterocycles. The van der Waals surface area contributed by atoms with E-state index in [2.05, 4.69) is 20.8 Å². The van der Waals surface area contributed by atoms with Crippen LogP contribution < -0.4 is 6.15 Å². The molecule has 0 bridgehead atoms. The molecule has 0 aromatic heterocycles. The number of unbranched alkanes of at least 4 members (excludes halogenated alkanes) is 43. The molecule has 0 spiro atoms. The number of esters is 3. The minimum atomic E-state index is -0.761.